The minimum atomic E-state index is -0.286. The molecular formula is C24H34O5. The molecule has 5 heteroatoms. The lowest BCUT2D eigenvalue weighted by Gasteiger charge is -2.56. The number of hydrogen-bond acceptors (Lipinski definition) is 5. The minimum absolute atomic E-state index is 0.207. The van der Waals surface area contributed by atoms with Gasteiger partial charge < -0.3 is 23.7 Å². The van der Waals surface area contributed by atoms with Crippen LogP contribution in [0, 0.1) is 22.7 Å². The van der Waals surface area contributed by atoms with Gasteiger partial charge in [-0.25, -0.2) is 0 Å². The Morgan fingerprint density at radius 3 is 1.07 bits per heavy atom. The van der Waals surface area contributed by atoms with Gasteiger partial charge in [0.05, 0.1) is 26.4 Å². The second-order valence-corrected chi connectivity index (χ2v) is 11.8. The van der Waals surface area contributed by atoms with Crippen LogP contribution < -0.4 is 0 Å². The molecule has 0 spiro atoms. The van der Waals surface area contributed by atoms with Crippen LogP contribution in [0.2, 0.25) is 0 Å². The molecule has 4 atom stereocenters. The predicted molar refractivity (Wildman–Crippen MR) is 104 cm³/mol. The first-order valence-electron chi connectivity index (χ1n) is 12.4. The van der Waals surface area contributed by atoms with Gasteiger partial charge in [-0.2, -0.15) is 0 Å². The summed E-state index contributed by atoms with van der Waals surface area (Å²) in [6, 6.07) is 0. The maximum absolute atomic E-state index is 7.83. The van der Waals surface area contributed by atoms with E-state index in [1.165, 1.54) is 64.2 Å². The van der Waals surface area contributed by atoms with Gasteiger partial charge in [0.2, 0.25) is 0 Å². The summed E-state index contributed by atoms with van der Waals surface area (Å²) in [6.07, 6.45) is 14.1. The third-order valence-electron chi connectivity index (χ3n) is 10.7. The Bertz CT molecular complexity index is 619. The van der Waals surface area contributed by atoms with Crippen LogP contribution in [-0.2, 0) is 23.7 Å². The van der Waals surface area contributed by atoms with Crippen molar-refractivity contribution in [3.8, 4) is 0 Å². The van der Waals surface area contributed by atoms with E-state index in [1.807, 2.05) is 0 Å². The first kappa shape index (κ1) is 17.4. The number of epoxide rings is 4. The lowest BCUT2D eigenvalue weighted by atomic mass is 9.62. The van der Waals surface area contributed by atoms with Crippen LogP contribution >= 0.6 is 0 Å². The second kappa shape index (κ2) is 5.40. The van der Waals surface area contributed by atoms with Crippen molar-refractivity contribution >= 4 is 0 Å². The Balaban J connectivity index is 1.28. The Morgan fingerprint density at radius 1 is 0.552 bits per heavy atom. The molecular weight excluding hydrogens is 368 g/mol. The highest BCUT2D eigenvalue weighted by molar-refractivity contribution is 5.26. The third-order valence-corrected chi connectivity index (χ3v) is 10.7. The zero-order valence-corrected chi connectivity index (χ0v) is 17.4. The summed E-state index contributed by atoms with van der Waals surface area (Å²) >= 11 is 0. The molecule has 160 valence electrons. The van der Waals surface area contributed by atoms with Crippen molar-refractivity contribution in [2.75, 3.05) is 26.4 Å². The van der Waals surface area contributed by atoms with Crippen molar-refractivity contribution in [1.29, 1.82) is 0 Å². The molecule has 0 amide bonds. The molecule has 0 N–H and O–H groups in total. The summed E-state index contributed by atoms with van der Waals surface area (Å²) in [5.41, 5.74) is -0.0955. The van der Waals surface area contributed by atoms with E-state index in [0.717, 1.165) is 38.3 Å². The molecule has 4 bridgehead atoms. The number of rotatable bonds is 8. The van der Waals surface area contributed by atoms with Gasteiger partial charge in [0.15, 0.2) is 0 Å². The SMILES string of the molecule is C1CC2(C(OC(C3CO3)(C3CO3)C34CCC(CC3)C4)(C3CO3)C3CO3)CCC1C2. The molecule has 0 aromatic heterocycles. The molecule has 29 heavy (non-hydrogen) atoms. The van der Waals surface area contributed by atoms with Crippen LogP contribution in [0.5, 0.6) is 0 Å². The molecule has 5 nitrogen and oxygen atoms in total. The van der Waals surface area contributed by atoms with Crippen LogP contribution in [-0.4, -0.2) is 62.0 Å². The largest absolute Gasteiger partial charge is 0.370 e. The van der Waals surface area contributed by atoms with E-state index in [9.17, 15) is 0 Å². The lowest BCUT2D eigenvalue weighted by Crippen LogP contribution is -2.68. The normalized spacial score (nSPS) is 57.5. The van der Waals surface area contributed by atoms with Crippen LogP contribution in [0.15, 0.2) is 0 Å². The summed E-state index contributed by atoms with van der Waals surface area (Å²) in [5.74, 6) is 1.78. The van der Waals surface area contributed by atoms with E-state index in [1.54, 1.807) is 0 Å². The molecule has 4 aliphatic heterocycles. The first-order valence-corrected chi connectivity index (χ1v) is 12.4. The zero-order chi connectivity index (χ0) is 18.9. The molecule has 4 heterocycles. The summed E-state index contributed by atoms with van der Waals surface area (Å²) < 4.78 is 32.4. The smallest absolute Gasteiger partial charge is 0.131 e. The molecule has 4 saturated heterocycles. The highest BCUT2D eigenvalue weighted by Crippen LogP contribution is 2.71. The lowest BCUT2D eigenvalue weighted by molar-refractivity contribution is -0.279. The van der Waals surface area contributed by atoms with E-state index in [-0.39, 0.29) is 46.4 Å². The van der Waals surface area contributed by atoms with E-state index >= 15 is 0 Å². The second-order valence-electron chi connectivity index (χ2n) is 11.8. The maximum atomic E-state index is 7.83. The maximum Gasteiger partial charge on any atom is 0.131 e. The molecule has 0 aromatic rings. The van der Waals surface area contributed by atoms with Gasteiger partial charge in [-0.3, -0.25) is 0 Å². The average molecular weight is 403 g/mol. The van der Waals surface area contributed by atoms with Gasteiger partial charge in [0.25, 0.3) is 0 Å². The number of fused-ring (bicyclic) bond motifs is 4. The van der Waals surface area contributed by atoms with Gasteiger partial charge in [-0.1, -0.05) is 0 Å². The fourth-order valence-corrected chi connectivity index (χ4v) is 9.20. The molecule has 8 aliphatic rings. The highest BCUT2D eigenvalue weighted by Gasteiger charge is 2.79. The molecule has 0 aromatic carbocycles. The Kier molecular flexibility index (Phi) is 3.23. The van der Waals surface area contributed by atoms with Gasteiger partial charge in [0, 0.05) is 10.8 Å². The molecule has 4 unspecified atom stereocenters. The van der Waals surface area contributed by atoms with E-state index in [2.05, 4.69) is 0 Å². The number of hydrogen-bond donors (Lipinski definition) is 0. The van der Waals surface area contributed by atoms with Gasteiger partial charge >= 0.3 is 0 Å². The Morgan fingerprint density at radius 2 is 0.862 bits per heavy atom. The van der Waals surface area contributed by atoms with E-state index < -0.39 is 0 Å². The molecule has 8 fully saturated rings. The monoisotopic (exact) mass is 402 g/mol. The van der Waals surface area contributed by atoms with E-state index in [4.69, 9.17) is 23.7 Å². The fourth-order valence-electron chi connectivity index (χ4n) is 9.20. The van der Waals surface area contributed by atoms with Crippen LogP contribution in [0.4, 0.5) is 0 Å². The fraction of sp³-hybridized carbons (Fsp3) is 1.00. The summed E-state index contributed by atoms with van der Waals surface area (Å²) in [4.78, 5) is 0. The van der Waals surface area contributed by atoms with Gasteiger partial charge in [-0.15, -0.1) is 0 Å². The molecule has 0 radical (unpaired) electrons. The molecule has 8 rings (SSSR count). The van der Waals surface area contributed by atoms with Crippen molar-refractivity contribution in [1.82, 2.24) is 0 Å². The van der Waals surface area contributed by atoms with Crippen molar-refractivity contribution in [3.05, 3.63) is 0 Å². The highest BCUT2D eigenvalue weighted by atomic mass is 16.7. The van der Waals surface area contributed by atoms with Crippen LogP contribution in [0.25, 0.3) is 0 Å². The van der Waals surface area contributed by atoms with Crippen LogP contribution in [0.3, 0.4) is 0 Å². The van der Waals surface area contributed by atoms with Crippen molar-refractivity contribution in [2.24, 2.45) is 22.7 Å². The van der Waals surface area contributed by atoms with Crippen molar-refractivity contribution < 1.29 is 23.7 Å². The standard InChI is InChI=1S/C24H34O5/c1-5-21(6-2-15(1)9-21)23(17-11-25-17,18-12-26-18)29-24(19-13-27-19,20-14-28-20)22-7-3-16(10-22)4-8-22/h15-20H,1-14H2. The molecule has 4 saturated carbocycles. The van der Waals surface area contributed by atoms with Crippen LogP contribution in [0.1, 0.15) is 64.2 Å². The van der Waals surface area contributed by atoms with Crippen molar-refractivity contribution in [2.45, 2.75) is 99.8 Å². The van der Waals surface area contributed by atoms with Gasteiger partial charge in [0.1, 0.15) is 35.6 Å². The number of ether oxygens (including phenoxy) is 5. The summed E-state index contributed by atoms with van der Waals surface area (Å²) in [7, 11) is 0. The zero-order valence-electron chi connectivity index (χ0n) is 17.4. The summed E-state index contributed by atoms with van der Waals surface area (Å²) in [6.45, 7) is 3.37. The minimum Gasteiger partial charge on any atom is -0.370 e. The average Bonchev–Trinajstić information content (AvgIpc) is 3.57. The molecule has 4 aliphatic carbocycles. The van der Waals surface area contributed by atoms with Crippen molar-refractivity contribution in [3.63, 3.8) is 0 Å². The Hall–Kier alpha value is -0.200. The summed E-state index contributed by atoms with van der Waals surface area (Å²) in [5, 5.41) is 0. The first-order chi connectivity index (χ1) is 14.2. The quantitative estimate of drug-likeness (QED) is 0.584. The van der Waals surface area contributed by atoms with E-state index in [0.29, 0.717) is 0 Å². The predicted octanol–water partition coefficient (Wildman–Crippen LogP) is 3.24. The topological polar surface area (TPSA) is 59.4 Å². The van der Waals surface area contributed by atoms with Gasteiger partial charge in [-0.05, 0) is 76.0 Å². The third kappa shape index (κ3) is 2.10. The Labute approximate surface area is 173 Å².